The Hall–Kier alpha value is -3.14. The monoisotopic (exact) mass is 365 g/mol. The molecule has 7 heteroatoms. The highest BCUT2D eigenvalue weighted by Crippen LogP contribution is 2.37. The predicted molar refractivity (Wildman–Crippen MR) is 101 cm³/mol. The molecule has 140 valence electrons. The van der Waals surface area contributed by atoms with Crippen molar-refractivity contribution in [3.8, 4) is 18.1 Å². The molecule has 0 aliphatic carbocycles. The summed E-state index contributed by atoms with van der Waals surface area (Å²) in [6.07, 6.45) is 11.1. The van der Waals surface area contributed by atoms with Crippen LogP contribution in [0.3, 0.4) is 0 Å². The zero-order valence-electron chi connectivity index (χ0n) is 15.6. The van der Waals surface area contributed by atoms with E-state index in [-0.39, 0.29) is 11.9 Å². The first-order chi connectivity index (χ1) is 13.1. The number of aromatic nitrogens is 2. The second-order valence-electron chi connectivity index (χ2n) is 6.56. The molecule has 2 heterocycles. The van der Waals surface area contributed by atoms with Crippen LogP contribution in [-0.2, 0) is 11.8 Å². The number of rotatable bonds is 9. The van der Waals surface area contributed by atoms with Gasteiger partial charge in [0.05, 0.1) is 7.11 Å². The molecular weight excluding hydrogens is 342 g/mol. The van der Waals surface area contributed by atoms with Crippen molar-refractivity contribution in [1.82, 2.24) is 14.9 Å². The number of ether oxygens (including phenoxy) is 1. The van der Waals surface area contributed by atoms with Crippen molar-refractivity contribution in [2.24, 2.45) is 17.3 Å². The summed E-state index contributed by atoms with van der Waals surface area (Å²) in [5.74, 6) is 3.99. The summed E-state index contributed by atoms with van der Waals surface area (Å²) in [6, 6.07) is 7.24. The van der Waals surface area contributed by atoms with Gasteiger partial charge in [-0.05, 0) is 17.7 Å². The lowest BCUT2D eigenvalue weighted by Gasteiger charge is -2.20. The van der Waals surface area contributed by atoms with Crippen LogP contribution < -0.4 is 10.1 Å². The molecule has 1 N–H and O–H groups in total. The maximum absolute atomic E-state index is 12.6. The molecule has 0 radical (unpaired) electrons. The molecule has 1 atom stereocenters. The number of carbonyl (C=O) groups is 1. The van der Waals surface area contributed by atoms with Gasteiger partial charge in [0.15, 0.2) is 5.66 Å². The van der Waals surface area contributed by atoms with Crippen LogP contribution in [0.4, 0.5) is 0 Å². The van der Waals surface area contributed by atoms with E-state index >= 15 is 0 Å². The lowest BCUT2D eigenvalue weighted by Crippen LogP contribution is -2.31. The summed E-state index contributed by atoms with van der Waals surface area (Å²) in [4.78, 5) is 17.0. The number of carbonyl (C=O) groups excluding carboxylic acids is 1. The average Bonchev–Trinajstić information content (AvgIpc) is 3.35. The molecule has 2 aromatic rings. The Bertz CT molecular complexity index is 874. The second-order valence-corrected chi connectivity index (χ2v) is 6.56. The summed E-state index contributed by atoms with van der Waals surface area (Å²) in [6.45, 7) is 0. The molecule has 1 aromatic carbocycles. The zero-order chi connectivity index (χ0) is 19.3. The van der Waals surface area contributed by atoms with Crippen LogP contribution >= 0.6 is 0 Å². The molecular formula is C20H23N5O2. The third-order valence-electron chi connectivity index (χ3n) is 4.65. The maximum Gasteiger partial charge on any atom is 0.221 e. The standard InChI is InChI=1S/C20H23N5O2/c1-4-5-10-20(23-24-20)11-9-17(26)22-18(19-21-12-13-25(19)2)15-7-6-8-16(14-15)27-3/h1,6-8,12-14,18H,5,9-11H2,2-3H3,(H,22,26). The van der Waals surface area contributed by atoms with Crippen LogP contribution in [0, 0.1) is 12.3 Å². The van der Waals surface area contributed by atoms with Crippen molar-refractivity contribution >= 4 is 5.91 Å². The largest absolute Gasteiger partial charge is 0.497 e. The Morgan fingerprint density at radius 1 is 1.41 bits per heavy atom. The van der Waals surface area contributed by atoms with Gasteiger partial charge in [0.2, 0.25) is 5.91 Å². The van der Waals surface area contributed by atoms with Gasteiger partial charge in [0.1, 0.15) is 17.6 Å². The molecule has 1 aliphatic rings. The first-order valence-electron chi connectivity index (χ1n) is 8.85. The van der Waals surface area contributed by atoms with Gasteiger partial charge in [-0.3, -0.25) is 4.79 Å². The molecule has 1 unspecified atom stereocenters. The molecule has 0 bridgehead atoms. The topological polar surface area (TPSA) is 80.9 Å². The smallest absolute Gasteiger partial charge is 0.221 e. The summed E-state index contributed by atoms with van der Waals surface area (Å²) in [5.41, 5.74) is 0.443. The van der Waals surface area contributed by atoms with E-state index in [4.69, 9.17) is 11.2 Å². The minimum absolute atomic E-state index is 0.0804. The quantitative estimate of drug-likeness (QED) is 0.694. The Morgan fingerprint density at radius 3 is 2.85 bits per heavy atom. The van der Waals surface area contributed by atoms with Gasteiger partial charge in [-0.1, -0.05) is 12.1 Å². The van der Waals surface area contributed by atoms with Gasteiger partial charge >= 0.3 is 0 Å². The van der Waals surface area contributed by atoms with E-state index < -0.39 is 5.66 Å². The van der Waals surface area contributed by atoms with Crippen LogP contribution in [0.1, 0.15) is 43.1 Å². The number of methoxy groups -OCH3 is 1. The van der Waals surface area contributed by atoms with Crippen molar-refractivity contribution in [1.29, 1.82) is 0 Å². The van der Waals surface area contributed by atoms with Crippen molar-refractivity contribution in [2.75, 3.05) is 7.11 Å². The molecule has 0 fully saturated rings. The fourth-order valence-electron chi connectivity index (χ4n) is 2.99. The van der Waals surface area contributed by atoms with Crippen molar-refractivity contribution in [3.05, 3.63) is 48.0 Å². The Balaban J connectivity index is 1.71. The SMILES string of the molecule is C#CCCC1(CCC(=O)NC(c2cccc(OC)c2)c2nccn2C)N=N1. The van der Waals surface area contributed by atoms with Crippen molar-refractivity contribution in [2.45, 2.75) is 37.4 Å². The molecule has 0 saturated heterocycles. The molecule has 0 saturated carbocycles. The van der Waals surface area contributed by atoms with E-state index in [0.29, 0.717) is 25.7 Å². The lowest BCUT2D eigenvalue weighted by molar-refractivity contribution is -0.121. The molecule has 1 aliphatic heterocycles. The van der Waals surface area contributed by atoms with Gasteiger partial charge < -0.3 is 14.6 Å². The third-order valence-corrected chi connectivity index (χ3v) is 4.65. The van der Waals surface area contributed by atoms with Gasteiger partial charge in [0.25, 0.3) is 0 Å². The van der Waals surface area contributed by atoms with E-state index in [0.717, 1.165) is 17.1 Å². The summed E-state index contributed by atoms with van der Waals surface area (Å²) in [7, 11) is 3.52. The molecule has 1 aromatic heterocycles. The number of amides is 1. The fourth-order valence-corrected chi connectivity index (χ4v) is 2.99. The van der Waals surface area contributed by atoms with Crippen LogP contribution in [0.25, 0.3) is 0 Å². The number of hydrogen-bond donors (Lipinski definition) is 1. The number of benzene rings is 1. The highest BCUT2D eigenvalue weighted by Gasteiger charge is 2.39. The highest BCUT2D eigenvalue weighted by molar-refractivity contribution is 5.77. The van der Waals surface area contributed by atoms with Gasteiger partial charge in [-0.25, -0.2) is 4.98 Å². The first-order valence-corrected chi connectivity index (χ1v) is 8.85. The van der Waals surface area contributed by atoms with Crippen LogP contribution in [0.2, 0.25) is 0 Å². The number of nitrogens with zero attached hydrogens (tertiary/aromatic N) is 4. The summed E-state index contributed by atoms with van der Waals surface area (Å²) < 4.78 is 7.21. The van der Waals surface area contributed by atoms with Crippen molar-refractivity contribution < 1.29 is 9.53 Å². The first kappa shape index (κ1) is 18.6. The van der Waals surface area contributed by atoms with Crippen molar-refractivity contribution in [3.63, 3.8) is 0 Å². The number of imidazole rings is 1. The Labute approximate surface area is 158 Å². The number of terminal acetylenes is 1. The summed E-state index contributed by atoms with van der Waals surface area (Å²) in [5, 5.41) is 11.3. The number of hydrogen-bond acceptors (Lipinski definition) is 5. The molecule has 0 spiro atoms. The second kappa shape index (κ2) is 8.04. The van der Waals surface area contributed by atoms with E-state index in [9.17, 15) is 4.79 Å². The van der Waals surface area contributed by atoms with Crippen LogP contribution in [-0.4, -0.2) is 28.2 Å². The average molecular weight is 365 g/mol. The predicted octanol–water partition coefficient (Wildman–Crippen LogP) is 2.99. The van der Waals surface area contributed by atoms with E-state index in [2.05, 4.69) is 26.4 Å². The Morgan fingerprint density at radius 2 is 2.22 bits per heavy atom. The van der Waals surface area contributed by atoms with Gasteiger partial charge in [-0.2, -0.15) is 10.2 Å². The number of nitrogens with one attached hydrogen (secondary N) is 1. The number of aryl methyl sites for hydroxylation is 1. The Kier molecular flexibility index (Phi) is 5.55. The van der Waals surface area contributed by atoms with E-state index in [1.54, 1.807) is 13.3 Å². The zero-order valence-corrected chi connectivity index (χ0v) is 15.6. The minimum atomic E-state index is -0.460. The molecule has 3 rings (SSSR count). The lowest BCUT2D eigenvalue weighted by atomic mass is 10.0. The maximum atomic E-state index is 12.6. The van der Waals surface area contributed by atoms with Crippen LogP contribution in [0.15, 0.2) is 46.9 Å². The van der Waals surface area contributed by atoms with E-state index in [1.165, 1.54) is 0 Å². The normalized spacial score (nSPS) is 15.0. The molecule has 1 amide bonds. The van der Waals surface area contributed by atoms with Crippen LogP contribution in [0.5, 0.6) is 5.75 Å². The van der Waals surface area contributed by atoms with E-state index in [1.807, 2.05) is 42.1 Å². The third kappa shape index (κ3) is 4.53. The summed E-state index contributed by atoms with van der Waals surface area (Å²) >= 11 is 0. The highest BCUT2D eigenvalue weighted by atomic mass is 16.5. The van der Waals surface area contributed by atoms with Gasteiger partial charge in [-0.15, -0.1) is 12.3 Å². The van der Waals surface area contributed by atoms with Gasteiger partial charge in [0, 0.05) is 45.1 Å². The molecule has 7 nitrogen and oxygen atoms in total. The molecule has 27 heavy (non-hydrogen) atoms. The minimum Gasteiger partial charge on any atom is -0.497 e. The fraction of sp³-hybridized carbons (Fsp3) is 0.400.